The van der Waals surface area contributed by atoms with Gasteiger partial charge in [-0.2, -0.15) is 13.2 Å². The van der Waals surface area contributed by atoms with Crippen molar-refractivity contribution < 1.29 is 21.6 Å². The van der Waals surface area contributed by atoms with Gasteiger partial charge in [0, 0.05) is 6.54 Å². The second-order valence-electron chi connectivity index (χ2n) is 4.31. The van der Waals surface area contributed by atoms with E-state index in [1.165, 1.54) is 12.1 Å². The quantitative estimate of drug-likeness (QED) is 0.844. The summed E-state index contributed by atoms with van der Waals surface area (Å²) < 4.78 is 61.3. The maximum Gasteiger partial charge on any atom is 0.402 e. The highest BCUT2D eigenvalue weighted by atomic mass is 32.2. The Labute approximate surface area is 116 Å². The summed E-state index contributed by atoms with van der Waals surface area (Å²) in [6.07, 6.45) is -4.58. The highest BCUT2D eigenvalue weighted by Gasteiger charge is 2.30. The zero-order valence-electron chi connectivity index (χ0n) is 11.2. The van der Waals surface area contributed by atoms with E-state index in [-0.39, 0.29) is 4.90 Å². The predicted octanol–water partition coefficient (Wildman–Crippen LogP) is 1.95. The fourth-order valence-electron chi connectivity index (χ4n) is 1.53. The molecule has 0 spiro atoms. The van der Waals surface area contributed by atoms with Crippen molar-refractivity contribution in [2.45, 2.75) is 31.5 Å². The van der Waals surface area contributed by atoms with Crippen molar-refractivity contribution in [3.63, 3.8) is 0 Å². The third kappa shape index (κ3) is 5.10. The van der Waals surface area contributed by atoms with E-state index in [1.807, 2.05) is 13.8 Å². The normalized spacial score (nSPS) is 12.7. The fourth-order valence-corrected chi connectivity index (χ4v) is 2.59. The van der Waals surface area contributed by atoms with Crippen molar-refractivity contribution in [2.24, 2.45) is 0 Å². The fraction of sp³-hybridized carbons (Fsp3) is 0.500. The minimum Gasteiger partial charge on any atom is -0.313 e. The molecular formula is C12H17F3N2O2S. The molecule has 2 N–H and O–H groups in total. The van der Waals surface area contributed by atoms with Gasteiger partial charge in [0.25, 0.3) is 0 Å². The second kappa shape index (κ2) is 6.55. The van der Waals surface area contributed by atoms with Crippen molar-refractivity contribution in [3.05, 3.63) is 29.3 Å². The highest BCUT2D eigenvalue weighted by molar-refractivity contribution is 7.89. The first-order chi connectivity index (χ1) is 9.15. The van der Waals surface area contributed by atoms with Gasteiger partial charge in [-0.15, -0.1) is 0 Å². The van der Waals surface area contributed by atoms with Gasteiger partial charge in [-0.25, -0.2) is 13.1 Å². The Morgan fingerprint density at radius 1 is 1.25 bits per heavy atom. The third-order valence-corrected chi connectivity index (χ3v) is 4.06. The predicted molar refractivity (Wildman–Crippen MR) is 69.8 cm³/mol. The number of sulfonamides is 1. The second-order valence-corrected chi connectivity index (χ2v) is 6.08. The average molecular weight is 310 g/mol. The summed E-state index contributed by atoms with van der Waals surface area (Å²) in [5, 5.41) is 3.05. The molecular weight excluding hydrogens is 293 g/mol. The summed E-state index contributed by atoms with van der Waals surface area (Å²) in [6.45, 7) is 3.31. The lowest BCUT2D eigenvalue weighted by Crippen LogP contribution is -2.33. The van der Waals surface area contributed by atoms with E-state index in [9.17, 15) is 21.6 Å². The minimum absolute atomic E-state index is 0.166. The molecule has 0 unspecified atom stereocenters. The lowest BCUT2D eigenvalue weighted by molar-refractivity contribution is -0.121. The van der Waals surface area contributed by atoms with E-state index in [2.05, 4.69) is 5.32 Å². The number of benzene rings is 1. The number of halogens is 3. The van der Waals surface area contributed by atoms with E-state index >= 15 is 0 Å². The van der Waals surface area contributed by atoms with Gasteiger partial charge in [0.1, 0.15) is 6.54 Å². The summed E-state index contributed by atoms with van der Waals surface area (Å²) in [5.41, 5.74) is 1.61. The van der Waals surface area contributed by atoms with Crippen LogP contribution in [0.4, 0.5) is 13.2 Å². The van der Waals surface area contributed by atoms with Crippen LogP contribution in [0, 0.1) is 6.92 Å². The summed E-state index contributed by atoms with van der Waals surface area (Å²) in [5.74, 6) is 0. The van der Waals surface area contributed by atoms with Crippen LogP contribution in [0.15, 0.2) is 23.1 Å². The van der Waals surface area contributed by atoms with Gasteiger partial charge in [0.15, 0.2) is 0 Å². The van der Waals surface area contributed by atoms with E-state index in [1.54, 1.807) is 10.8 Å². The zero-order chi connectivity index (χ0) is 15.4. The smallest absolute Gasteiger partial charge is 0.313 e. The average Bonchev–Trinajstić information content (AvgIpc) is 2.34. The van der Waals surface area contributed by atoms with Gasteiger partial charge in [-0.3, -0.25) is 0 Å². The molecule has 114 valence electrons. The van der Waals surface area contributed by atoms with Crippen LogP contribution in [-0.4, -0.2) is 27.7 Å². The molecule has 0 amide bonds. The van der Waals surface area contributed by atoms with Crippen LogP contribution in [-0.2, 0) is 16.6 Å². The van der Waals surface area contributed by atoms with E-state index in [0.29, 0.717) is 13.1 Å². The largest absolute Gasteiger partial charge is 0.402 e. The molecule has 0 saturated carbocycles. The molecule has 0 bridgehead atoms. The molecule has 0 radical (unpaired) electrons. The Kier molecular flexibility index (Phi) is 5.55. The first kappa shape index (κ1) is 16.9. The Morgan fingerprint density at radius 2 is 1.90 bits per heavy atom. The molecule has 0 aliphatic carbocycles. The van der Waals surface area contributed by atoms with Gasteiger partial charge in [-0.1, -0.05) is 13.0 Å². The maximum absolute atomic E-state index is 12.1. The maximum atomic E-state index is 12.1. The number of rotatable bonds is 6. The molecule has 0 aliphatic heterocycles. The number of alkyl halides is 3. The standard InChI is InChI=1S/C12H17F3N2O2S/c1-3-16-7-10-6-11(5-4-9(10)2)20(18,19)17-8-12(13,14)15/h4-6,16-17H,3,7-8H2,1-2H3. The number of nitrogens with one attached hydrogen (secondary N) is 2. The van der Waals surface area contributed by atoms with Crippen LogP contribution < -0.4 is 10.0 Å². The summed E-state index contributed by atoms with van der Waals surface area (Å²) in [7, 11) is -4.16. The van der Waals surface area contributed by atoms with Crippen molar-refractivity contribution >= 4 is 10.0 Å². The number of hydrogen-bond donors (Lipinski definition) is 2. The molecule has 1 aromatic rings. The molecule has 0 aliphatic rings. The summed E-state index contributed by atoms with van der Waals surface area (Å²) in [6, 6.07) is 4.26. The molecule has 0 fully saturated rings. The van der Waals surface area contributed by atoms with E-state index in [0.717, 1.165) is 11.1 Å². The Morgan fingerprint density at radius 3 is 2.45 bits per heavy atom. The minimum atomic E-state index is -4.58. The van der Waals surface area contributed by atoms with Gasteiger partial charge >= 0.3 is 6.18 Å². The molecule has 0 aromatic heterocycles. The Bertz CT molecular complexity index is 556. The van der Waals surface area contributed by atoms with Gasteiger partial charge in [-0.05, 0) is 36.7 Å². The van der Waals surface area contributed by atoms with Crippen molar-refractivity contribution in [1.29, 1.82) is 0 Å². The first-order valence-electron chi connectivity index (χ1n) is 6.02. The van der Waals surface area contributed by atoms with Crippen molar-refractivity contribution in [1.82, 2.24) is 10.0 Å². The Hall–Kier alpha value is -1.12. The van der Waals surface area contributed by atoms with Crippen LogP contribution in [0.1, 0.15) is 18.1 Å². The molecule has 4 nitrogen and oxygen atoms in total. The molecule has 20 heavy (non-hydrogen) atoms. The van der Waals surface area contributed by atoms with Crippen LogP contribution >= 0.6 is 0 Å². The lowest BCUT2D eigenvalue weighted by Gasteiger charge is -2.12. The summed E-state index contributed by atoms with van der Waals surface area (Å²) in [4.78, 5) is -0.166. The van der Waals surface area contributed by atoms with E-state index in [4.69, 9.17) is 0 Å². The molecule has 1 rings (SSSR count). The van der Waals surface area contributed by atoms with Crippen LogP contribution in [0.5, 0.6) is 0 Å². The van der Waals surface area contributed by atoms with Gasteiger partial charge in [0.05, 0.1) is 4.90 Å². The number of aryl methyl sites for hydroxylation is 1. The Balaban J connectivity index is 2.95. The molecule has 0 heterocycles. The first-order valence-corrected chi connectivity index (χ1v) is 7.50. The molecule has 0 atom stereocenters. The van der Waals surface area contributed by atoms with Gasteiger partial charge < -0.3 is 5.32 Å². The molecule has 0 saturated heterocycles. The number of hydrogen-bond acceptors (Lipinski definition) is 3. The SMILES string of the molecule is CCNCc1cc(S(=O)(=O)NCC(F)(F)F)ccc1C. The lowest BCUT2D eigenvalue weighted by atomic mass is 10.1. The van der Waals surface area contributed by atoms with Crippen LogP contribution in [0.2, 0.25) is 0 Å². The third-order valence-electron chi connectivity index (χ3n) is 2.66. The van der Waals surface area contributed by atoms with Crippen molar-refractivity contribution in [3.8, 4) is 0 Å². The van der Waals surface area contributed by atoms with Crippen LogP contribution in [0.3, 0.4) is 0 Å². The monoisotopic (exact) mass is 310 g/mol. The summed E-state index contributed by atoms with van der Waals surface area (Å²) >= 11 is 0. The van der Waals surface area contributed by atoms with Crippen LogP contribution in [0.25, 0.3) is 0 Å². The molecule has 1 aromatic carbocycles. The van der Waals surface area contributed by atoms with E-state index < -0.39 is 22.7 Å². The highest BCUT2D eigenvalue weighted by Crippen LogP contribution is 2.18. The topological polar surface area (TPSA) is 58.2 Å². The molecule has 8 heteroatoms. The van der Waals surface area contributed by atoms with Crippen molar-refractivity contribution in [2.75, 3.05) is 13.1 Å². The zero-order valence-corrected chi connectivity index (χ0v) is 12.0. The van der Waals surface area contributed by atoms with Gasteiger partial charge in [0.2, 0.25) is 10.0 Å².